The van der Waals surface area contributed by atoms with Crippen LogP contribution in [0.5, 0.6) is 5.75 Å². The number of rotatable bonds is 2. The van der Waals surface area contributed by atoms with Crippen molar-refractivity contribution in [1.29, 1.82) is 0 Å². The number of hydrogen-bond donors (Lipinski definition) is 1. The van der Waals surface area contributed by atoms with Gasteiger partial charge in [-0.1, -0.05) is 0 Å². The summed E-state index contributed by atoms with van der Waals surface area (Å²) < 4.78 is 12.8. The molecule has 1 N–H and O–H groups in total. The van der Waals surface area contributed by atoms with Gasteiger partial charge in [0, 0.05) is 11.6 Å². The lowest BCUT2D eigenvalue weighted by Crippen LogP contribution is -1.79. The van der Waals surface area contributed by atoms with E-state index in [0.29, 0.717) is 22.3 Å². The van der Waals surface area contributed by atoms with Crippen molar-refractivity contribution in [3.63, 3.8) is 0 Å². The molecule has 5 heteroatoms. The predicted octanol–water partition coefficient (Wildman–Crippen LogP) is 4.49. The van der Waals surface area contributed by atoms with Crippen molar-refractivity contribution in [1.82, 2.24) is 4.98 Å². The number of pyridine rings is 1. The Morgan fingerprint density at radius 2 is 1.75 bits per heavy atom. The number of azo groups is 1. The molecular weight excluding hydrogens is 257 g/mol. The molecule has 0 bridgehead atoms. The number of aromatic hydroxyl groups is 1. The lowest BCUT2D eigenvalue weighted by atomic mass is 10.2. The second-order valence-electron chi connectivity index (χ2n) is 4.18. The number of phenols is 1. The highest BCUT2D eigenvalue weighted by Gasteiger charge is 2.05. The van der Waals surface area contributed by atoms with Crippen molar-refractivity contribution >= 4 is 22.3 Å². The Labute approximate surface area is 114 Å². The standard InChI is InChI=1S/C15H10FN3O/c16-10-3-5-11(6-4-10)18-19-13-7-8-14(20)15-12(13)2-1-9-17-15/h1-9,20H. The van der Waals surface area contributed by atoms with Gasteiger partial charge in [0.15, 0.2) is 0 Å². The molecule has 1 aromatic heterocycles. The number of benzene rings is 2. The molecule has 0 radical (unpaired) electrons. The summed E-state index contributed by atoms with van der Waals surface area (Å²) in [5.74, 6) is -0.218. The number of fused-ring (bicyclic) bond motifs is 1. The molecule has 20 heavy (non-hydrogen) atoms. The number of halogens is 1. The lowest BCUT2D eigenvalue weighted by Gasteiger charge is -2.02. The smallest absolute Gasteiger partial charge is 0.141 e. The highest BCUT2D eigenvalue weighted by Crippen LogP contribution is 2.31. The Kier molecular flexibility index (Phi) is 3.09. The molecule has 2 aromatic carbocycles. The van der Waals surface area contributed by atoms with Crippen LogP contribution in [0.25, 0.3) is 10.9 Å². The van der Waals surface area contributed by atoms with Crippen LogP contribution in [0.4, 0.5) is 15.8 Å². The molecular formula is C15H10FN3O. The first-order valence-electron chi connectivity index (χ1n) is 5.98. The molecule has 0 unspecified atom stereocenters. The zero-order valence-corrected chi connectivity index (χ0v) is 10.4. The first kappa shape index (κ1) is 12.2. The molecule has 1 heterocycles. The maximum Gasteiger partial charge on any atom is 0.141 e. The molecule has 0 aliphatic heterocycles. The third kappa shape index (κ3) is 2.33. The van der Waals surface area contributed by atoms with Crippen LogP contribution in [-0.2, 0) is 0 Å². The SMILES string of the molecule is Oc1ccc(N=Nc2ccc(F)cc2)c2cccnc12. The van der Waals surface area contributed by atoms with Crippen LogP contribution in [-0.4, -0.2) is 10.1 Å². The average molecular weight is 267 g/mol. The van der Waals surface area contributed by atoms with Gasteiger partial charge in [-0.3, -0.25) is 4.98 Å². The molecule has 0 atom stereocenters. The number of nitrogens with zero attached hydrogens (tertiary/aromatic N) is 3. The van der Waals surface area contributed by atoms with E-state index in [2.05, 4.69) is 15.2 Å². The largest absolute Gasteiger partial charge is 0.506 e. The Morgan fingerprint density at radius 1 is 0.950 bits per heavy atom. The fourth-order valence-corrected chi connectivity index (χ4v) is 1.85. The minimum atomic E-state index is -0.316. The summed E-state index contributed by atoms with van der Waals surface area (Å²) in [4.78, 5) is 4.11. The maximum atomic E-state index is 12.8. The van der Waals surface area contributed by atoms with Crippen molar-refractivity contribution in [3.05, 3.63) is 60.5 Å². The van der Waals surface area contributed by atoms with Gasteiger partial charge in [-0.05, 0) is 48.5 Å². The summed E-state index contributed by atoms with van der Waals surface area (Å²) in [6, 6.07) is 12.5. The summed E-state index contributed by atoms with van der Waals surface area (Å²) >= 11 is 0. The second-order valence-corrected chi connectivity index (χ2v) is 4.18. The van der Waals surface area contributed by atoms with Crippen LogP contribution in [0, 0.1) is 5.82 Å². The van der Waals surface area contributed by atoms with Crippen LogP contribution in [0.2, 0.25) is 0 Å². The Morgan fingerprint density at radius 3 is 2.55 bits per heavy atom. The van der Waals surface area contributed by atoms with Crippen molar-refractivity contribution in [2.24, 2.45) is 10.2 Å². The van der Waals surface area contributed by atoms with Crippen molar-refractivity contribution in [3.8, 4) is 5.75 Å². The van der Waals surface area contributed by atoms with E-state index in [1.807, 2.05) is 0 Å². The van der Waals surface area contributed by atoms with Crippen LogP contribution in [0.3, 0.4) is 0 Å². The van der Waals surface area contributed by atoms with Crippen LogP contribution in [0.1, 0.15) is 0 Å². The fourth-order valence-electron chi connectivity index (χ4n) is 1.85. The zero-order valence-electron chi connectivity index (χ0n) is 10.4. The Bertz CT molecular complexity index is 785. The van der Waals surface area contributed by atoms with Gasteiger partial charge in [0.05, 0.1) is 11.4 Å². The van der Waals surface area contributed by atoms with Gasteiger partial charge in [-0.15, -0.1) is 5.11 Å². The minimum Gasteiger partial charge on any atom is -0.506 e. The predicted molar refractivity (Wildman–Crippen MR) is 74.0 cm³/mol. The monoisotopic (exact) mass is 267 g/mol. The van der Waals surface area contributed by atoms with Crippen LogP contribution in [0.15, 0.2) is 65.0 Å². The van der Waals surface area contributed by atoms with E-state index >= 15 is 0 Å². The first-order valence-corrected chi connectivity index (χ1v) is 5.98. The van der Waals surface area contributed by atoms with Gasteiger partial charge in [-0.2, -0.15) is 5.11 Å². The van der Waals surface area contributed by atoms with E-state index in [9.17, 15) is 9.50 Å². The Balaban J connectivity index is 2.03. The molecule has 0 fully saturated rings. The van der Waals surface area contributed by atoms with Crippen LogP contribution < -0.4 is 0 Å². The Hall–Kier alpha value is -2.82. The van der Waals surface area contributed by atoms with Crippen molar-refractivity contribution < 1.29 is 9.50 Å². The van der Waals surface area contributed by atoms with E-state index < -0.39 is 0 Å². The topological polar surface area (TPSA) is 57.8 Å². The summed E-state index contributed by atoms with van der Waals surface area (Å²) in [6.07, 6.45) is 1.60. The molecule has 0 amide bonds. The van der Waals surface area contributed by atoms with Gasteiger partial charge in [0.2, 0.25) is 0 Å². The summed E-state index contributed by atoms with van der Waals surface area (Å²) in [5.41, 5.74) is 1.62. The second kappa shape index (κ2) is 5.05. The summed E-state index contributed by atoms with van der Waals surface area (Å²) in [5, 5.41) is 18.6. The van der Waals surface area contributed by atoms with Gasteiger partial charge in [0.1, 0.15) is 17.1 Å². The first-order chi connectivity index (χ1) is 9.74. The van der Waals surface area contributed by atoms with Crippen molar-refractivity contribution in [2.45, 2.75) is 0 Å². The number of aromatic nitrogens is 1. The van der Waals surface area contributed by atoms with E-state index in [4.69, 9.17) is 0 Å². The molecule has 4 nitrogen and oxygen atoms in total. The van der Waals surface area contributed by atoms with Gasteiger partial charge >= 0.3 is 0 Å². The van der Waals surface area contributed by atoms with Gasteiger partial charge in [0.25, 0.3) is 0 Å². The van der Waals surface area contributed by atoms with E-state index in [1.54, 1.807) is 36.5 Å². The van der Waals surface area contributed by atoms with E-state index in [0.717, 1.165) is 0 Å². The minimum absolute atomic E-state index is 0.0985. The van der Waals surface area contributed by atoms with Gasteiger partial charge in [-0.25, -0.2) is 4.39 Å². The fraction of sp³-hybridized carbons (Fsp3) is 0. The van der Waals surface area contributed by atoms with Crippen LogP contribution >= 0.6 is 0 Å². The summed E-state index contributed by atoms with van der Waals surface area (Å²) in [7, 11) is 0. The molecule has 0 spiro atoms. The molecule has 3 aromatic rings. The van der Waals surface area contributed by atoms with Crippen molar-refractivity contribution in [2.75, 3.05) is 0 Å². The highest BCUT2D eigenvalue weighted by atomic mass is 19.1. The normalized spacial score (nSPS) is 11.2. The average Bonchev–Trinajstić information content (AvgIpc) is 2.49. The van der Waals surface area contributed by atoms with Gasteiger partial charge < -0.3 is 5.11 Å². The molecule has 0 aliphatic carbocycles. The van der Waals surface area contributed by atoms with E-state index in [-0.39, 0.29) is 11.6 Å². The molecule has 98 valence electrons. The molecule has 0 aliphatic rings. The quantitative estimate of drug-likeness (QED) is 0.695. The number of phenolic OH excluding ortho intramolecular Hbond substituents is 1. The lowest BCUT2D eigenvalue weighted by molar-refractivity contribution is 0.480. The molecule has 3 rings (SSSR count). The van der Waals surface area contributed by atoms with E-state index in [1.165, 1.54) is 18.2 Å². The molecule has 0 saturated heterocycles. The maximum absolute atomic E-state index is 12.8. The zero-order chi connectivity index (χ0) is 13.9. The highest BCUT2D eigenvalue weighted by molar-refractivity contribution is 5.93. The molecule has 0 saturated carbocycles. The third-order valence-electron chi connectivity index (χ3n) is 2.83. The third-order valence-corrected chi connectivity index (χ3v) is 2.83. The number of hydrogen-bond acceptors (Lipinski definition) is 4. The summed E-state index contributed by atoms with van der Waals surface area (Å²) in [6.45, 7) is 0.